The number of likely N-dealkylation sites (N-methyl/N-ethyl adjacent to an activating group) is 1. The third-order valence-electron chi connectivity index (χ3n) is 3.55. The Morgan fingerprint density at radius 3 is 2.68 bits per heavy atom. The van der Waals surface area contributed by atoms with Gasteiger partial charge in [0.25, 0.3) is 5.91 Å². The lowest BCUT2D eigenvalue weighted by Gasteiger charge is -2.21. The molecular weight excluding hydrogens is 350 g/mol. The normalized spacial score (nSPS) is 12.0. The van der Waals surface area contributed by atoms with Crippen molar-refractivity contribution in [1.29, 1.82) is 0 Å². The Morgan fingerprint density at radius 1 is 1.41 bits per heavy atom. The summed E-state index contributed by atoms with van der Waals surface area (Å²) >= 11 is 3.40. The lowest BCUT2D eigenvalue weighted by Crippen LogP contribution is -2.40. The molecule has 0 bridgehead atoms. The maximum Gasteiger partial charge on any atom is 0.326 e. The molecule has 1 unspecified atom stereocenters. The molecule has 2 rings (SSSR count). The average molecular weight is 366 g/mol. The summed E-state index contributed by atoms with van der Waals surface area (Å²) in [4.78, 5) is 24.6. The minimum Gasteiger partial charge on any atom is -0.480 e. The summed E-state index contributed by atoms with van der Waals surface area (Å²) in [7, 11) is 1.47. The van der Waals surface area contributed by atoms with Gasteiger partial charge in [-0.15, -0.1) is 0 Å². The molecule has 1 aromatic carbocycles. The van der Waals surface area contributed by atoms with Crippen LogP contribution in [0.4, 0.5) is 0 Å². The summed E-state index contributed by atoms with van der Waals surface area (Å²) in [6.45, 7) is 3.24. The Morgan fingerprint density at radius 2 is 2.09 bits per heavy atom. The number of halogens is 1. The largest absolute Gasteiger partial charge is 0.480 e. The number of carbonyl (C=O) groups excluding carboxylic acids is 1. The lowest BCUT2D eigenvalue weighted by atomic mass is 10.2. The van der Waals surface area contributed by atoms with Gasteiger partial charge in [0.2, 0.25) is 0 Å². The van der Waals surface area contributed by atoms with Crippen LogP contribution in [0.2, 0.25) is 0 Å². The van der Waals surface area contributed by atoms with E-state index in [4.69, 9.17) is 5.11 Å². The monoisotopic (exact) mass is 365 g/mol. The molecule has 0 aliphatic rings. The van der Waals surface area contributed by atoms with Crippen LogP contribution in [0.25, 0.3) is 5.69 Å². The first kappa shape index (κ1) is 16.2. The molecule has 1 aromatic heterocycles. The molecule has 7 heteroatoms. The Balaban J connectivity index is 2.35. The molecular formula is C15H16BrN3O3. The molecule has 22 heavy (non-hydrogen) atoms. The van der Waals surface area contributed by atoms with E-state index in [1.54, 1.807) is 11.6 Å². The highest BCUT2D eigenvalue weighted by molar-refractivity contribution is 9.10. The van der Waals surface area contributed by atoms with Gasteiger partial charge in [0, 0.05) is 11.5 Å². The van der Waals surface area contributed by atoms with E-state index in [1.807, 2.05) is 24.3 Å². The van der Waals surface area contributed by atoms with Gasteiger partial charge < -0.3 is 10.0 Å². The number of aliphatic carboxylic acids is 1. The molecule has 6 nitrogen and oxygen atoms in total. The molecule has 1 amide bonds. The van der Waals surface area contributed by atoms with Gasteiger partial charge >= 0.3 is 5.97 Å². The van der Waals surface area contributed by atoms with Crippen LogP contribution in [-0.2, 0) is 4.79 Å². The first-order valence-corrected chi connectivity index (χ1v) is 7.42. The number of hydrogen-bond donors (Lipinski definition) is 1. The summed E-state index contributed by atoms with van der Waals surface area (Å²) in [5, 5.41) is 13.2. The molecule has 1 atom stereocenters. The van der Waals surface area contributed by atoms with Gasteiger partial charge in [-0.05, 0) is 32.0 Å². The highest BCUT2D eigenvalue weighted by atomic mass is 79.9. The minimum absolute atomic E-state index is 0.367. The number of aromatic nitrogens is 2. The van der Waals surface area contributed by atoms with Crippen LogP contribution in [0.5, 0.6) is 0 Å². The van der Waals surface area contributed by atoms with E-state index >= 15 is 0 Å². The summed E-state index contributed by atoms with van der Waals surface area (Å²) < 4.78 is 2.56. The molecule has 0 fully saturated rings. The van der Waals surface area contributed by atoms with Crippen molar-refractivity contribution >= 4 is 27.8 Å². The fourth-order valence-electron chi connectivity index (χ4n) is 2.02. The second-order valence-corrected chi connectivity index (χ2v) is 5.88. The molecule has 1 N–H and O–H groups in total. The van der Waals surface area contributed by atoms with Gasteiger partial charge in [-0.25, -0.2) is 9.48 Å². The van der Waals surface area contributed by atoms with Crippen molar-refractivity contribution < 1.29 is 14.7 Å². The summed E-state index contributed by atoms with van der Waals surface area (Å²) in [5.74, 6) is -1.42. The van der Waals surface area contributed by atoms with Crippen molar-refractivity contribution in [2.24, 2.45) is 0 Å². The van der Waals surface area contributed by atoms with E-state index in [2.05, 4.69) is 21.0 Å². The zero-order chi connectivity index (χ0) is 16.4. The van der Waals surface area contributed by atoms with Crippen molar-refractivity contribution in [2.45, 2.75) is 19.9 Å². The zero-order valence-electron chi connectivity index (χ0n) is 12.4. The predicted molar refractivity (Wildman–Crippen MR) is 85.2 cm³/mol. The van der Waals surface area contributed by atoms with Crippen LogP contribution in [0, 0.1) is 6.92 Å². The first-order valence-electron chi connectivity index (χ1n) is 6.63. The number of benzene rings is 1. The Hall–Kier alpha value is -2.15. The topological polar surface area (TPSA) is 75.4 Å². The predicted octanol–water partition coefficient (Wildman–Crippen LogP) is 2.49. The van der Waals surface area contributed by atoms with Crippen LogP contribution >= 0.6 is 15.9 Å². The highest BCUT2D eigenvalue weighted by Crippen LogP contribution is 2.19. The quantitative estimate of drug-likeness (QED) is 0.902. The third-order valence-corrected chi connectivity index (χ3v) is 4.04. The Labute approximate surface area is 136 Å². The smallest absolute Gasteiger partial charge is 0.326 e. The maximum atomic E-state index is 12.4. The van der Waals surface area contributed by atoms with Crippen LogP contribution in [0.3, 0.4) is 0 Å². The van der Waals surface area contributed by atoms with Crippen molar-refractivity contribution in [1.82, 2.24) is 14.7 Å². The van der Waals surface area contributed by atoms with Crippen molar-refractivity contribution in [3.05, 3.63) is 46.2 Å². The fourth-order valence-corrected chi connectivity index (χ4v) is 2.41. The van der Waals surface area contributed by atoms with E-state index in [0.29, 0.717) is 11.3 Å². The van der Waals surface area contributed by atoms with E-state index in [0.717, 1.165) is 10.2 Å². The molecule has 0 aliphatic heterocycles. The van der Waals surface area contributed by atoms with Gasteiger partial charge in [-0.3, -0.25) is 4.79 Å². The van der Waals surface area contributed by atoms with Gasteiger partial charge in [0.05, 0.1) is 23.1 Å². The number of hydrogen-bond acceptors (Lipinski definition) is 3. The summed E-state index contributed by atoms with van der Waals surface area (Å²) in [5.41, 5.74) is 1.86. The van der Waals surface area contributed by atoms with Crippen molar-refractivity contribution in [3.8, 4) is 5.69 Å². The van der Waals surface area contributed by atoms with Gasteiger partial charge in [0.15, 0.2) is 0 Å². The number of amides is 1. The molecule has 0 radical (unpaired) electrons. The first-order chi connectivity index (χ1) is 10.3. The minimum atomic E-state index is -1.05. The van der Waals surface area contributed by atoms with E-state index in [1.165, 1.54) is 25.1 Å². The Bertz CT molecular complexity index is 727. The zero-order valence-corrected chi connectivity index (χ0v) is 14.0. The molecule has 0 saturated carbocycles. The second kappa shape index (κ2) is 6.31. The van der Waals surface area contributed by atoms with Crippen LogP contribution in [0.1, 0.15) is 23.0 Å². The maximum absolute atomic E-state index is 12.4. The highest BCUT2D eigenvalue weighted by Gasteiger charge is 2.25. The molecule has 2 aromatic rings. The van der Waals surface area contributed by atoms with Crippen molar-refractivity contribution in [2.75, 3.05) is 7.05 Å². The average Bonchev–Trinajstić information content (AvgIpc) is 2.86. The third kappa shape index (κ3) is 3.04. The number of nitrogens with zero attached hydrogens (tertiary/aromatic N) is 3. The number of rotatable bonds is 4. The molecule has 0 saturated heterocycles. The lowest BCUT2D eigenvalue weighted by molar-refractivity contribution is -0.141. The molecule has 1 heterocycles. The van der Waals surface area contributed by atoms with E-state index in [9.17, 15) is 9.59 Å². The fraction of sp³-hybridized carbons (Fsp3) is 0.267. The van der Waals surface area contributed by atoms with Crippen LogP contribution in [0.15, 0.2) is 34.9 Å². The van der Waals surface area contributed by atoms with Gasteiger partial charge in [-0.1, -0.05) is 22.0 Å². The SMILES string of the molecule is Cc1c(C(=O)N(C)C(C)C(=O)O)cnn1-c1cccc(Br)c1. The molecule has 116 valence electrons. The van der Waals surface area contributed by atoms with Crippen LogP contribution < -0.4 is 0 Å². The standard InChI is InChI=1S/C15H16BrN3O3/c1-9-13(14(20)18(3)10(2)15(21)22)8-17-19(9)12-6-4-5-11(16)7-12/h4-8,10H,1-3H3,(H,21,22). The van der Waals surface area contributed by atoms with E-state index < -0.39 is 12.0 Å². The van der Waals surface area contributed by atoms with Gasteiger partial charge in [-0.2, -0.15) is 5.10 Å². The molecule has 0 spiro atoms. The second-order valence-electron chi connectivity index (χ2n) is 4.97. The Kier molecular flexibility index (Phi) is 4.65. The number of carbonyl (C=O) groups is 2. The summed E-state index contributed by atoms with van der Waals surface area (Å²) in [6.07, 6.45) is 1.46. The number of carboxylic acid groups (broad SMARTS) is 1. The van der Waals surface area contributed by atoms with Crippen LogP contribution in [-0.4, -0.2) is 44.8 Å². The molecule has 0 aliphatic carbocycles. The van der Waals surface area contributed by atoms with E-state index in [-0.39, 0.29) is 5.91 Å². The van der Waals surface area contributed by atoms with Crippen molar-refractivity contribution in [3.63, 3.8) is 0 Å². The number of carboxylic acids is 1. The summed E-state index contributed by atoms with van der Waals surface area (Å²) in [6, 6.07) is 6.64. The van der Waals surface area contributed by atoms with Gasteiger partial charge in [0.1, 0.15) is 6.04 Å².